The van der Waals surface area contributed by atoms with Crippen LogP contribution in [-0.4, -0.2) is 72.0 Å². The summed E-state index contributed by atoms with van der Waals surface area (Å²) < 4.78 is 11.3. The normalized spacial score (nSPS) is 23.8. The van der Waals surface area contributed by atoms with E-state index < -0.39 is 0 Å². The summed E-state index contributed by atoms with van der Waals surface area (Å²) in [6.07, 6.45) is 5.12. The maximum atomic E-state index is 6.01. The molecule has 6 rings (SSSR count). The molecule has 152 valence electrons. The van der Waals surface area contributed by atoms with E-state index in [0.717, 1.165) is 73.5 Å². The quantitative estimate of drug-likeness (QED) is 0.815. The maximum absolute atomic E-state index is 6.01. The molecule has 3 aliphatic heterocycles. The number of aromatic nitrogens is 4. The third kappa shape index (κ3) is 3.00. The molecule has 1 atom stereocenters. The number of ether oxygens (including phenoxy) is 2. The van der Waals surface area contributed by atoms with Crippen molar-refractivity contribution in [2.24, 2.45) is 0 Å². The van der Waals surface area contributed by atoms with Gasteiger partial charge in [-0.15, -0.1) is 0 Å². The van der Waals surface area contributed by atoms with E-state index in [-0.39, 0.29) is 0 Å². The lowest BCUT2D eigenvalue weighted by Crippen LogP contribution is -2.43. The topological polar surface area (TPSA) is 103 Å². The zero-order valence-corrected chi connectivity index (χ0v) is 16.4. The Hall–Kier alpha value is -2.52. The predicted molar refractivity (Wildman–Crippen MR) is 108 cm³/mol. The number of nitrogen functional groups attached to an aromatic ring is 1. The van der Waals surface area contributed by atoms with Gasteiger partial charge in [0, 0.05) is 43.4 Å². The molecule has 2 N–H and O–H groups in total. The summed E-state index contributed by atoms with van der Waals surface area (Å²) >= 11 is 0. The number of morpholine rings is 2. The number of fused-ring (bicyclic) bond motifs is 3. The summed E-state index contributed by atoms with van der Waals surface area (Å²) in [5.41, 5.74) is 10.1. The summed E-state index contributed by atoms with van der Waals surface area (Å²) in [6, 6.07) is 0.315. The van der Waals surface area contributed by atoms with E-state index >= 15 is 0 Å². The van der Waals surface area contributed by atoms with Crippen molar-refractivity contribution in [3.05, 3.63) is 17.3 Å². The molecule has 0 bridgehead atoms. The smallest absolute Gasteiger partial charge is 0.228 e. The van der Waals surface area contributed by atoms with Crippen molar-refractivity contribution in [1.29, 1.82) is 0 Å². The fourth-order valence-electron chi connectivity index (χ4n) is 4.61. The molecule has 0 amide bonds. The van der Waals surface area contributed by atoms with Crippen LogP contribution in [0.25, 0.3) is 11.4 Å². The van der Waals surface area contributed by atoms with E-state index in [0.29, 0.717) is 31.1 Å². The predicted octanol–water partition coefficient (Wildman–Crippen LogP) is 0.991. The Morgan fingerprint density at radius 3 is 2.62 bits per heavy atom. The summed E-state index contributed by atoms with van der Waals surface area (Å²) in [5.74, 6) is 2.59. The number of nitrogens with zero attached hydrogens (tertiary/aromatic N) is 6. The second kappa shape index (κ2) is 6.77. The summed E-state index contributed by atoms with van der Waals surface area (Å²) in [7, 11) is 0. The first kappa shape index (κ1) is 17.3. The van der Waals surface area contributed by atoms with E-state index in [9.17, 15) is 0 Å². The Kier molecular flexibility index (Phi) is 4.05. The van der Waals surface area contributed by atoms with Gasteiger partial charge in [-0.25, -0.2) is 15.0 Å². The highest BCUT2D eigenvalue weighted by atomic mass is 16.5. The van der Waals surface area contributed by atoms with Crippen LogP contribution in [0, 0.1) is 0 Å². The summed E-state index contributed by atoms with van der Waals surface area (Å²) in [4.78, 5) is 23.6. The fraction of sp³-hybridized carbons (Fsp3) is 0.600. The Labute approximate surface area is 169 Å². The van der Waals surface area contributed by atoms with Gasteiger partial charge in [-0.05, 0) is 18.8 Å². The van der Waals surface area contributed by atoms with Gasteiger partial charge in [0.2, 0.25) is 11.9 Å². The Balaban J connectivity index is 1.52. The number of anilines is 3. The molecule has 1 saturated carbocycles. The van der Waals surface area contributed by atoms with Crippen LogP contribution < -0.4 is 15.5 Å². The number of hydrogen-bond donors (Lipinski definition) is 1. The maximum Gasteiger partial charge on any atom is 0.228 e. The molecular formula is C20H25N7O2. The minimum atomic E-state index is 0.295. The first-order valence-electron chi connectivity index (χ1n) is 10.5. The van der Waals surface area contributed by atoms with Gasteiger partial charge in [0.25, 0.3) is 0 Å². The zero-order chi connectivity index (χ0) is 19.4. The first-order chi connectivity index (χ1) is 14.3. The molecule has 1 aliphatic carbocycles. The van der Waals surface area contributed by atoms with Crippen molar-refractivity contribution in [1.82, 2.24) is 19.9 Å². The van der Waals surface area contributed by atoms with Crippen molar-refractivity contribution < 1.29 is 9.47 Å². The van der Waals surface area contributed by atoms with E-state index in [1.807, 2.05) is 6.20 Å². The average molecular weight is 395 g/mol. The third-order valence-corrected chi connectivity index (χ3v) is 6.28. The molecule has 9 heteroatoms. The largest absolute Gasteiger partial charge is 0.378 e. The zero-order valence-electron chi connectivity index (χ0n) is 16.4. The van der Waals surface area contributed by atoms with Crippen LogP contribution in [0.2, 0.25) is 0 Å². The third-order valence-electron chi connectivity index (χ3n) is 6.28. The van der Waals surface area contributed by atoms with Crippen LogP contribution in [0.4, 0.5) is 17.7 Å². The van der Waals surface area contributed by atoms with Gasteiger partial charge in [0.05, 0.1) is 38.2 Å². The Bertz CT molecular complexity index is 943. The number of rotatable bonds is 3. The Morgan fingerprint density at radius 1 is 0.966 bits per heavy atom. The molecule has 5 heterocycles. The lowest BCUT2D eigenvalue weighted by molar-refractivity contribution is 0.0974. The second-order valence-corrected chi connectivity index (χ2v) is 8.21. The van der Waals surface area contributed by atoms with Crippen LogP contribution in [0.5, 0.6) is 0 Å². The summed E-state index contributed by atoms with van der Waals surface area (Å²) in [6.45, 7) is 5.31. The lowest BCUT2D eigenvalue weighted by Gasteiger charge is -2.32. The van der Waals surface area contributed by atoms with Crippen LogP contribution in [0.15, 0.2) is 6.20 Å². The molecular weight excluding hydrogens is 370 g/mol. The average Bonchev–Trinajstić information content (AvgIpc) is 3.54. The molecule has 0 spiro atoms. The second-order valence-electron chi connectivity index (χ2n) is 8.21. The molecule has 9 nitrogen and oxygen atoms in total. The molecule has 2 aromatic heterocycles. The van der Waals surface area contributed by atoms with Crippen molar-refractivity contribution in [3.8, 4) is 11.4 Å². The molecule has 0 unspecified atom stereocenters. The van der Waals surface area contributed by atoms with E-state index in [1.165, 1.54) is 12.8 Å². The molecule has 0 aromatic carbocycles. The standard InChI is InChI=1S/C20H25N7O2/c21-19-22-10-15(12-1-2-12)17(23-19)16-14-9-13-11-29-8-5-27(13)18(14)25-20(24-16)26-3-6-28-7-4-26/h10,12-13H,1-9,11H2,(H2,21,22,23)/t13-/m0/s1. The van der Waals surface area contributed by atoms with E-state index in [4.69, 9.17) is 25.2 Å². The number of hydrogen-bond acceptors (Lipinski definition) is 9. The van der Waals surface area contributed by atoms with Crippen LogP contribution in [0.3, 0.4) is 0 Å². The first-order valence-corrected chi connectivity index (χ1v) is 10.5. The molecule has 2 saturated heterocycles. The van der Waals surface area contributed by atoms with Crippen LogP contribution in [-0.2, 0) is 15.9 Å². The van der Waals surface area contributed by atoms with Crippen molar-refractivity contribution in [3.63, 3.8) is 0 Å². The molecule has 0 radical (unpaired) electrons. The van der Waals surface area contributed by atoms with Crippen LogP contribution in [0.1, 0.15) is 29.9 Å². The van der Waals surface area contributed by atoms with Crippen molar-refractivity contribution in [2.75, 3.05) is 61.6 Å². The van der Waals surface area contributed by atoms with Crippen molar-refractivity contribution >= 4 is 17.7 Å². The SMILES string of the molecule is Nc1ncc(C2CC2)c(-c2nc(N3CCOCC3)nc3c2C[C@H]2COCCN32)n1. The van der Waals surface area contributed by atoms with Crippen LogP contribution >= 0.6 is 0 Å². The monoisotopic (exact) mass is 395 g/mol. The molecule has 4 aliphatic rings. The van der Waals surface area contributed by atoms with Crippen molar-refractivity contribution in [2.45, 2.75) is 31.2 Å². The van der Waals surface area contributed by atoms with Gasteiger partial charge >= 0.3 is 0 Å². The minimum Gasteiger partial charge on any atom is -0.378 e. The van der Waals surface area contributed by atoms with E-state index in [2.05, 4.69) is 19.8 Å². The number of nitrogens with two attached hydrogens (primary N) is 1. The highest BCUT2D eigenvalue weighted by Gasteiger charge is 2.38. The molecule has 3 fully saturated rings. The van der Waals surface area contributed by atoms with E-state index in [1.54, 1.807) is 0 Å². The minimum absolute atomic E-state index is 0.295. The van der Waals surface area contributed by atoms with Gasteiger partial charge in [0.1, 0.15) is 11.5 Å². The van der Waals surface area contributed by atoms with Gasteiger partial charge in [-0.3, -0.25) is 0 Å². The lowest BCUT2D eigenvalue weighted by atomic mass is 10.0. The fourth-order valence-corrected chi connectivity index (χ4v) is 4.61. The molecule has 29 heavy (non-hydrogen) atoms. The van der Waals surface area contributed by atoms with Gasteiger partial charge in [-0.2, -0.15) is 4.98 Å². The summed E-state index contributed by atoms with van der Waals surface area (Å²) in [5, 5.41) is 0. The Morgan fingerprint density at radius 2 is 1.79 bits per heavy atom. The van der Waals surface area contributed by atoms with Gasteiger partial charge in [0.15, 0.2) is 0 Å². The van der Waals surface area contributed by atoms with Gasteiger partial charge in [-0.1, -0.05) is 0 Å². The van der Waals surface area contributed by atoms with Gasteiger partial charge < -0.3 is 25.0 Å². The molecule has 2 aromatic rings. The highest BCUT2D eigenvalue weighted by Crippen LogP contribution is 2.46. The highest BCUT2D eigenvalue weighted by molar-refractivity contribution is 5.74.